The number of phenolic OH excluding ortho intramolecular Hbond substituents is 1. The molecule has 6 nitrogen and oxygen atoms in total. The van der Waals surface area contributed by atoms with E-state index in [1.807, 2.05) is 24.3 Å². The van der Waals surface area contributed by atoms with Crippen molar-refractivity contribution in [3.63, 3.8) is 0 Å². The minimum atomic E-state index is -3.61. The molecule has 1 aromatic heterocycles. The van der Waals surface area contributed by atoms with Crippen molar-refractivity contribution in [3.05, 3.63) is 54.0 Å². The molecular formula is C15H13As2N3O3S2. The molecule has 0 bridgehead atoms. The van der Waals surface area contributed by atoms with Gasteiger partial charge in [0.2, 0.25) is 0 Å². The van der Waals surface area contributed by atoms with Gasteiger partial charge in [0.05, 0.1) is 0 Å². The molecule has 0 radical (unpaired) electrons. The Hall–Kier alpha value is -1.46. The molecule has 2 aromatic carbocycles. The van der Waals surface area contributed by atoms with Crippen molar-refractivity contribution < 1.29 is 13.5 Å². The number of anilines is 2. The standard InChI is InChI=1S/C15H13As2N3O3S2/c18-13-9-11(3-6-14(13)21)17-16-10-1-4-12(5-2-10)25(22,23)20-15-19-7-8-24-15/h1-9,21H,18H2,(H,19,20). The second-order valence-electron chi connectivity index (χ2n) is 4.88. The maximum atomic E-state index is 12.3. The van der Waals surface area contributed by atoms with Crippen LogP contribution in [0.4, 0.5) is 10.8 Å². The van der Waals surface area contributed by atoms with E-state index >= 15 is 0 Å². The molecule has 0 spiro atoms. The number of aromatic nitrogens is 1. The van der Waals surface area contributed by atoms with Gasteiger partial charge in [0, 0.05) is 0 Å². The molecule has 3 rings (SSSR count). The van der Waals surface area contributed by atoms with E-state index in [0.29, 0.717) is 10.8 Å². The number of aromatic hydroxyl groups is 1. The molecule has 0 atom stereocenters. The van der Waals surface area contributed by atoms with Crippen molar-refractivity contribution in [2.45, 2.75) is 4.90 Å². The fraction of sp³-hybridized carbons (Fsp3) is 0. The first-order valence-corrected chi connectivity index (χ1v) is 16.4. The maximum absolute atomic E-state index is 12.3. The molecule has 128 valence electrons. The van der Waals surface area contributed by atoms with Gasteiger partial charge in [0.25, 0.3) is 0 Å². The van der Waals surface area contributed by atoms with Gasteiger partial charge in [0.1, 0.15) is 0 Å². The fourth-order valence-electron chi connectivity index (χ4n) is 1.86. The second kappa shape index (κ2) is 7.83. The third-order valence-corrected chi connectivity index (χ3v) is 13.8. The number of thiazole rings is 1. The first kappa shape index (κ1) is 18.3. The third-order valence-electron chi connectivity index (χ3n) is 3.09. The molecule has 0 aliphatic rings. The molecule has 0 fully saturated rings. The van der Waals surface area contributed by atoms with Crippen LogP contribution in [0, 0.1) is 0 Å². The molecule has 4 N–H and O–H groups in total. The van der Waals surface area contributed by atoms with Crippen LogP contribution in [0.15, 0.2) is 58.9 Å². The van der Waals surface area contributed by atoms with E-state index in [2.05, 4.69) is 9.71 Å². The number of hydrogen-bond donors (Lipinski definition) is 3. The molecule has 3 aromatic rings. The first-order valence-electron chi connectivity index (χ1n) is 6.97. The van der Waals surface area contributed by atoms with Crippen molar-refractivity contribution >= 4 is 67.2 Å². The third kappa shape index (κ3) is 4.79. The molecule has 0 aliphatic heterocycles. The van der Waals surface area contributed by atoms with Gasteiger partial charge < -0.3 is 0 Å². The predicted octanol–water partition coefficient (Wildman–Crippen LogP) is 0.506. The monoisotopic (exact) mass is 497 g/mol. The number of nitrogens with zero attached hydrogens (tertiary/aromatic N) is 1. The molecule has 10 heteroatoms. The summed E-state index contributed by atoms with van der Waals surface area (Å²) in [5.74, 6) is 0.100. The summed E-state index contributed by atoms with van der Waals surface area (Å²) in [6.45, 7) is 0. The van der Waals surface area contributed by atoms with Crippen LogP contribution in [0.25, 0.3) is 0 Å². The van der Waals surface area contributed by atoms with Gasteiger partial charge in [-0.2, -0.15) is 0 Å². The molecule has 0 unspecified atom stereocenters. The zero-order valence-corrected chi connectivity index (χ0v) is 18.1. The van der Waals surface area contributed by atoms with E-state index in [4.69, 9.17) is 5.73 Å². The summed E-state index contributed by atoms with van der Waals surface area (Å²) in [5, 5.41) is 11.5. The average Bonchev–Trinajstić information content (AvgIpc) is 3.08. The number of nitrogen functional groups attached to an aromatic ring is 1. The van der Waals surface area contributed by atoms with Crippen LogP contribution in [0.3, 0.4) is 0 Å². The number of sulfonamides is 1. The van der Waals surface area contributed by atoms with Crippen LogP contribution in [-0.4, -0.2) is 44.8 Å². The van der Waals surface area contributed by atoms with Gasteiger partial charge in [-0.1, -0.05) is 0 Å². The Kier molecular flexibility index (Phi) is 5.74. The van der Waals surface area contributed by atoms with Crippen molar-refractivity contribution in [2.24, 2.45) is 0 Å². The van der Waals surface area contributed by atoms with Gasteiger partial charge in [-0.3, -0.25) is 0 Å². The van der Waals surface area contributed by atoms with Crippen molar-refractivity contribution in [1.29, 1.82) is 0 Å². The number of nitrogens with two attached hydrogens (primary N) is 1. The Morgan fingerprint density at radius 3 is 2.40 bits per heavy atom. The topological polar surface area (TPSA) is 105 Å². The summed E-state index contributed by atoms with van der Waals surface area (Å²) in [4.78, 5) is 4.15. The summed E-state index contributed by atoms with van der Waals surface area (Å²) in [6.07, 6.45) is 1.55. The molecule has 1 heterocycles. The van der Waals surface area contributed by atoms with E-state index in [0.717, 1.165) is 8.70 Å². The fourth-order valence-corrected chi connectivity index (χ4v) is 10.8. The van der Waals surface area contributed by atoms with Crippen LogP contribution in [0.2, 0.25) is 0 Å². The normalized spacial score (nSPS) is 11.7. The quantitative estimate of drug-likeness (QED) is 0.271. The molecule has 25 heavy (non-hydrogen) atoms. The number of phenols is 1. The van der Waals surface area contributed by atoms with Gasteiger partial charge >= 0.3 is 161 Å². The van der Waals surface area contributed by atoms with E-state index in [1.54, 1.807) is 29.8 Å². The van der Waals surface area contributed by atoms with Gasteiger partial charge in [-0.05, 0) is 0 Å². The van der Waals surface area contributed by atoms with E-state index < -0.39 is 10.0 Å². The van der Waals surface area contributed by atoms with Gasteiger partial charge in [-0.15, -0.1) is 0 Å². The van der Waals surface area contributed by atoms with Crippen molar-refractivity contribution in [3.8, 4) is 5.75 Å². The zero-order chi connectivity index (χ0) is 17.9. The van der Waals surface area contributed by atoms with E-state index in [-0.39, 0.29) is 36.9 Å². The molecule has 0 saturated carbocycles. The predicted molar refractivity (Wildman–Crippen MR) is 103 cm³/mol. The van der Waals surface area contributed by atoms with Crippen LogP contribution < -0.4 is 19.2 Å². The van der Waals surface area contributed by atoms with Crippen LogP contribution in [0.1, 0.15) is 0 Å². The van der Waals surface area contributed by atoms with Crippen molar-refractivity contribution in [2.75, 3.05) is 10.5 Å². The molecular weight excluding hydrogens is 484 g/mol. The summed E-state index contributed by atoms with van der Waals surface area (Å²) in [7, 11) is -3.61. The Bertz CT molecular complexity index is 1010. The van der Waals surface area contributed by atoms with Crippen LogP contribution >= 0.6 is 11.3 Å². The van der Waals surface area contributed by atoms with Crippen LogP contribution in [-0.2, 0) is 10.0 Å². The Labute approximate surface area is 160 Å². The first-order chi connectivity index (χ1) is 11.9. The Morgan fingerprint density at radius 2 is 1.76 bits per heavy atom. The number of rotatable bonds is 5. The van der Waals surface area contributed by atoms with Crippen LogP contribution in [0.5, 0.6) is 5.75 Å². The summed E-state index contributed by atoms with van der Waals surface area (Å²) in [6, 6.07) is 12.3. The van der Waals surface area contributed by atoms with E-state index in [9.17, 15) is 13.5 Å². The number of nitrogens with one attached hydrogen (secondary N) is 1. The Balaban J connectivity index is 1.75. The minimum absolute atomic E-state index is 0.0679. The van der Waals surface area contributed by atoms with Gasteiger partial charge in [0.15, 0.2) is 0 Å². The zero-order valence-electron chi connectivity index (χ0n) is 12.7. The van der Waals surface area contributed by atoms with Crippen molar-refractivity contribution in [1.82, 2.24) is 4.98 Å². The summed E-state index contributed by atoms with van der Waals surface area (Å²) in [5.41, 5.74) is 6.10. The van der Waals surface area contributed by atoms with E-state index in [1.165, 1.54) is 11.3 Å². The molecule has 0 amide bonds. The van der Waals surface area contributed by atoms with Gasteiger partial charge in [-0.25, -0.2) is 0 Å². The second-order valence-corrected chi connectivity index (χ2v) is 14.8. The molecule has 0 saturated heterocycles. The number of benzene rings is 2. The average molecular weight is 497 g/mol. The number of hydrogen-bond acceptors (Lipinski definition) is 6. The SMILES string of the molecule is Nc1cc([As]=[As]c2ccc(S(=O)(=O)Nc3nccs3)cc2)ccc1O. The summed E-state index contributed by atoms with van der Waals surface area (Å²) < 4.78 is 29.3. The molecule has 0 aliphatic carbocycles. The Morgan fingerprint density at radius 1 is 1.08 bits per heavy atom. The summed E-state index contributed by atoms with van der Waals surface area (Å²) >= 11 is 1.09.